The van der Waals surface area contributed by atoms with Crippen LogP contribution in [0.2, 0.25) is 0 Å². The minimum Gasteiger partial charge on any atom is -0.326 e. The molecule has 2 amide bonds. The molecular formula is C22H25N5O2S. The summed E-state index contributed by atoms with van der Waals surface area (Å²) in [7, 11) is 0. The molecular weight excluding hydrogens is 398 g/mol. The summed E-state index contributed by atoms with van der Waals surface area (Å²) in [4.78, 5) is 23.5. The maximum Gasteiger partial charge on any atom is 0.234 e. The summed E-state index contributed by atoms with van der Waals surface area (Å²) in [5, 5.41) is 15.0. The zero-order valence-electron chi connectivity index (χ0n) is 17.3. The molecule has 0 aliphatic heterocycles. The highest BCUT2D eigenvalue weighted by atomic mass is 32.2. The first-order valence-corrected chi connectivity index (χ1v) is 10.8. The van der Waals surface area contributed by atoms with E-state index < -0.39 is 0 Å². The molecule has 0 unspecified atom stereocenters. The Hall–Kier alpha value is -3.13. The average molecular weight is 424 g/mol. The lowest BCUT2D eigenvalue weighted by Crippen LogP contribution is -2.15. The van der Waals surface area contributed by atoms with Crippen LogP contribution in [0.15, 0.2) is 53.7 Å². The van der Waals surface area contributed by atoms with Gasteiger partial charge in [0.05, 0.1) is 5.75 Å². The van der Waals surface area contributed by atoms with Crippen LogP contribution >= 0.6 is 11.8 Å². The summed E-state index contributed by atoms with van der Waals surface area (Å²) in [6.07, 6.45) is 0.942. The molecule has 1 aromatic heterocycles. The Kier molecular flexibility index (Phi) is 7.24. The molecule has 0 aliphatic carbocycles. The van der Waals surface area contributed by atoms with Crippen molar-refractivity contribution in [2.45, 2.75) is 38.9 Å². The van der Waals surface area contributed by atoms with Crippen LogP contribution in [0.3, 0.4) is 0 Å². The van der Waals surface area contributed by atoms with Crippen molar-refractivity contribution >= 4 is 35.0 Å². The fraction of sp³-hybridized carbons (Fsp3) is 0.273. The number of aryl methyl sites for hydroxylation is 1. The number of nitrogens with zero attached hydrogens (tertiary/aromatic N) is 3. The fourth-order valence-corrected chi connectivity index (χ4v) is 3.75. The predicted octanol–water partition coefficient (Wildman–Crippen LogP) is 4.35. The Morgan fingerprint density at radius 2 is 1.73 bits per heavy atom. The molecule has 30 heavy (non-hydrogen) atoms. The first-order chi connectivity index (χ1) is 14.5. The number of thioether (sulfide) groups is 1. The highest BCUT2D eigenvalue weighted by Crippen LogP contribution is 2.25. The predicted molar refractivity (Wildman–Crippen MR) is 121 cm³/mol. The van der Waals surface area contributed by atoms with Crippen LogP contribution in [0.5, 0.6) is 0 Å². The Bertz CT molecular complexity index is 1030. The molecule has 0 saturated heterocycles. The minimum atomic E-state index is -0.135. The fourth-order valence-electron chi connectivity index (χ4n) is 2.99. The molecule has 1 heterocycles. The normalized spacial score (nSPS) is 10.6. The molecule has 0 saturated carbocycles. The monoisotopic (exact) mass is 423 g/mol. The molecule has 8 heteroatoms. The Morgan fingerprint density at radius 3 is 2.37 bits per heavy atom. The standard InChI is InChI=1S/C22H25N5O2S/c1-4-12-27-21(17-7-5-6-15(2)13-17)25-26-22(27)30-14-20(29)24-19-10-8-18(9-11-19)23-16(3)28/h5-11,13H,4,12,14H2,1-3H3,(H,23,28)(H,24,29). The molecule has 0 atom stereocenters. The van der Waals surface area contributed by atoms with Crippen LogP contribution in [0, 0.1) is 6.92 Å². The van der Waals surface area contributed by atoms with Crippen LogP contribution in [0.4, 0.5) is 11.4 Å². The third-order valence-corrected chi connectivity index (χ3v) is 5.23. The van der Waals surface area contributed by atoms with Crippen LogP contribution in [0.1, 0.15) is 25.8 Å². The molecule has 0 radical (unpaired) electrons. The molecule has 7 nitrogen and oxygen atoms in total. The lowest BCUT2D eigenvalue weighted by Gasteiger charge is -2.10. The van der Waals surface area contributed by atoms with Crippen molar-refractivity contribution in [2.24, 2.45) is 0 Å². The van der Waals surface area contributed by atoms with E-state index in [-0.39, 0.29) is 17.6 Å². The van der Waals surface area contributed by atoms with Gasteiger partial charge in [0.2, 0.25) is 11.8 Å². The first kappa shape index (κ1) is 21.6. The number of rotatable bonds is 8. The number of hydrogen-bond donors (Lipinski definition) is 2. The highest BCUT2D eigenvalue weighted by molar-refractivity contribution is 7.99. The maximum absolute atomic E-state index is 12.4. The smallest absolute Gasteiger partial charge is 0.234 e. The van der Waals surface area contributed by atoms with Gasteiger partial charge < -0.3 is 15.2 Å². The van der Waals surface area contributed by atoms with Crippen molar-refractivity contribution in [3.8, 4) is 11.4 Å². The van der Waals surface area contributed by atoms with E-state index in [2.05, 4.69) is 38.4 Å². The van der Waals surface area contributed by atoms with Crippen LogP contribution in [-0.2, 0) is 16.1 Å². The van der Waals surface area contributed by atoms with E-state index in [0.717, 1.165) is 35.1 Å². The Morgan fingerprint density at radius 1 is 1.03 bits per heavy atom. The lowest BCUT2D eigenvalue weighted by molar-refractivity contribution is -0.114. The average Bonchev–Trinajstić information content (AvgIpc) is 3.10. The molecule has 0 bridgehead atoms. The van der Waals surface area contributed by atoms with Gasteiger partial charge in [0.15, 0.2) is 11.0 Å². The SMILES string of the molecule is CCCn1c(SCC(=O)Nc2ccc(NC(C)=O)cc2)nnc1-c1cccc(C)c1. The number of carbonyl (C=O) groups excluding carboxylic acids is 2. The Labute approximate surface area is 180 Å². The van der Waals surface area contributed by atoms with Gasteiger partial charge in [-0.15, -0.1) is 10.2 Å². The molecule has 0 fully saturated rings. The van der Waals surface area contributed by atoms with Gasteiger partial charge in [-0.25, -0.2) is 0 Å². The van der Waals surface area contributed by atoms with E-state index in [1.807, 2.05) is 25.1 Å². The van der Waals surface area contributed by atoms with Gasteiger partial charge in [-0.3, -0.25) is 9.59 Å². The zero-order valence-corrected chi connectivity index (χ0v) is 18.1. The van der Waals surface area contributed by atoms with Crippen molar-refractivity contribution in [2.75, 3.05) is 16.4 Å². The van der Waals surface area contributed by atoms with Crippen molar-refractivity contribution < 1.29 is 9.59 Å². The molecule has 2 aromatic carbocycles. The second kappa shape index (κ2) is 10.1. The topological polar surface area (TPSA) is 88.9 Å². The summed E-state index contributed by atoms with van der Waals surface area (Å²) < 4.78 is 2.06. The van der Waals surface area contributed by atoms with Crippen molar-refractivity contribution in [3.63, 3.8) is 0 Å². The summed E-state index contributed by atoms with van der Waals surface area (Å²) in [5.74, 6) is 0.778. The van der Waals surface area contributed by atoms with Gasteiger partial charge in [-0.1, -0.05) is 42.4 Å². The van der Waals surface area contributed by atoms with Gasteiger partial charge >= 0.3 is 0 Å². The molecule has 2 N–H and O–H groups in total. The Balaban J connectivity index is 1.65. The van der Waals surface area contributed by atoms with Gasteiger partial charge in [-0.05, 0) is 43.7 Å². The van der Waals surface area contributed by atoms with Crippen LogP contribution < -0.4 is 10.6 Å². The van der Waals surface area contributed by atoms with E-state index in [1.54, 1.807) is 24.3 Å². The number of aromatic nitrogens is 3. The van der Waals surface area contributed by atoms with Gasteiger partial charge in [-0.2, -0.15) is 0 Å². The van der Waals surface area contributed by atoms with E-state index in [1.165, 1.54) is 18.7 Å². The number of benzene rings is 2. The second-order valence-electron chi connectivity index (χ2n) is 6.92. The third-order valence-electron chi connectivity index (χ3n) is 4.26. The summed E-state index contributed by atoms with van der Waals surface area (Å²) in [5.41, 5.74) is 3.54. The number of carbonyl (C=O) groups is 2. The lowest BCUT2D eigenvalue weighted by atomic mass is 10.1. The molecule has 3 aromatic rings. The van der Waals surface area contributed by atoms with E-state index >= 15 is 0 Å². The quantitative estimate of drug-likeness (QED) is 0.526. The number of nitrogens with one attached hydrogen (secondary N) is 2. The minimum absolute atomic E-state index is 0.129. The van der Waals surface area contributed by atoms with Crippen molar-refractivity contribution in [3.05, 3.63) is 54.1 Å². The van der Waals surface area contributed by atoms with Crippen LogP contribution in [-0.4, -0.2) is 32.3 Å². The maximum atomic E-state index is 12.4. The van der Waals surface area contributed by atoms with Crippen LogP contribution in [0.25, 0.3) is 11.4 Å². The summed E-state index contributed by atoms with van der Waals surface area (Å²) in [6.45, 7) is 6.39. The second-order valence-corrected chi connectivity index (χ2v) is 7.87. The highest BCUT2D eigenvalue weighted by Gasteiger charge is 2.15. The van der Waals surface area contributed by atoms with Crippen molar-refractivity contribution in [1.29, 1.82) is 0 Å². The largest absolute Gasteiger partial charge is 0.326 e. The summed E-state index contributed by atoms with van der Waals surface area (Å²) in [6, 6.07) is 15.2. The van der Waals surface area contributed by atoms with Gasteiger partial charge in [0.25, 0.3) is 0 Å². The number of hydrogen-bond acceptors (Lipinski definition) is 5. The number of amides is 2. The van der Waals surface area contributed by atoms with E-state index in [9.17, 15) is 9.59 Å². The van der Waals surface area contributed by atoms with E-state index in [4.69, 9.17) is 0 Å². The van der Waals surface area contributed by atoms with Gasteiger partial charge in [0, 0.05) is 30.4 Å². The summed E-state index contributed by atoms with van der Waals surface area (Å²) >= 11 is 1.37. The van der Waals surface area contributed by atoms with Gasteiger partial charge in [0.1, 0.15) is 0 Å². The van der Waals surface area contributed by atoms with E-state index in [0.29, 0.717) is 11.4 Å². The molecule has 3 rings (SSSR count). The number of anilines is 2. The molecule has 156 valence electrons. The zero-order chi connectivity index (χ0) is 21.5. The molecule has 0 aliphatic rings. The first-order valence-electron chi connectivity index (χ1n) is 9.77. The van der Waals surface area contributed by atoms with Crippen molar-refractivity contribution in [1.82, 2.24) is 14.8 Å². The third kappa shape index (κ3) is 5.70. The molecule has 0 spiro atoms.